The first kappa shape index (κ1) is 14.1. The molecule has 21 heavy (non-hydrogen) atoms. The Morgan fingerprint density at radius 2 is 2.33 bits per heavy atom. The first-order chi connectivity index (χ1) is 10.2. The smallest absolute Gasteiger partial charge is 0.183 e. The minimum absolute atomic E-state index is 0.217. The van der Waals surface area contributed by atoms with Gasteiger partial charge in [0.15, 0.2) is 17.0 Å². The van der Waals surface area contributed by atoms with Gasteiger partial charge in [-0.25, -0.2) is 19.9 Å². The molecule has 0 radical (unpaired) electrons. The first-order valence-electron chi connectivity index (χ1n) is 6.89. The van der Waals surface area contributed by atoms with Gasteiger partial charge in [0.05, 0.1) is 19.0 Å². The fourth-order valence-corrected chi connectivity index (χ4v) is 2.37. The van der Waals surface area contributed by atoms with Crippen molar-refractivity contribution in [1.82, 2.24) is 19.5 Å². The molecule has 1 aliphatic heterocycles. The van der Waals surface area contributed by atoms with E-state index >= 15 is 0 Å². The van der Waals surface area contributed by atoms with Crippen LogP contribution in [0.4, 0.5) is 5.82 Å². The van der Waals surface area contributed by atoms with Crippen LogP contribution in [-0.4, -0.2) is 54.8 Å². The van der Waals surface area contributed by atoms with Gasteiger partial charge in [0, 0.05) is 12.6 Å². The van der Waals surface area contributed by atoms with Crippen molar-refractivity contribution in [3.8, 4) is 0 Å². The molecule has 2 N–H and O–H groups in total. The van der Waals surface area contributed by atoms with E-state index in [4.69, 9.17) is 9.84 Å². The number of aliphatic hydroxyl groups is 2. The Hall–Kier alpha value is -1.90. The summed E-state index contributed by atoms with van der Waals surface area (Å²) in [5.41, 5.74) is 1.19. The summed E-state index contributed by atoms with van der Waals surface area (Å²) in [6.07, 6.45) is 4.30. The number of imidazole rings is 1. The van der Waals surface area contributed by atoms with E-state index in [1.165, 1.54) is 6.33 Å². The van der Waals surface area contributed by atoms with Crippen LogP contribution in [0, 0.1) is 0 Å². The summed E-state index contributed by atoms with van der Waals surface area (Å²) >= 11 is 0. The monoisotopic (exact) mass is 291 g/mol. The van der Waals surface area contributed by atoms with Crippen molar-refractivity contribution in [3.05, 3.63) is 12.7 Å². The molecule has 0 bridgehead atoms. The second-order valence-corrected chi connectivity index (χ2v) is 4.86. The van der Waals surface area contributed by atoms with Gasteiger partial charge in [0.25, 0.3) is 0 Å². The fraction of sp³-hybridized carbons (Fsp3) is 0.538. The third-order valence-corrected chi connectivity index (χ3v) is 3.43. The number of ether oxygens (including phenoxy) is 1. The number of fused-ring (bicyclic) bond motifs is 1. The molecule has 2 aromatic rings. The molecule has 2 aromatic heterocycles. The Morgan fingerprint density at radius 1 is 1.48 bits per heavy atom. The van der Waals surface area contributed by atoms with Gasteiger partial charge < -0.3 is 14.9 Å². The fourth-order valence-electron chi connectivity index (χ4n) is 2.37. The van der Waals surface area contributed by atoms with Gasteiger partial charge in [-0.3, -0.25) is 4.57 Å². The van der Waals surface area contributed by atoms with Crippen LogP contribution in [0.3, 0.4) is 0 Å². The van der Waals surface area contributed by atoms with Gasteiger partial charge in [-0.1, -0.05) is 6.92 Å². The number of hydrogen-bond donors (Lipinski definition) is 2. The van der Waals surface area contributed by atoms with Gasteiger partial charge in [0.2, 0.25) is 0 Å². The molecule has 0 aliphatic carbocycles. The zero-order chi connectivity index (χ0) is 14.8. The zero-order valence-electron chi connectivity index (χ0n) is 11.6. The highest BCUT2D eigenvalue weighted by Gasteiger charge is 2.35. The zero-order valence-corrected chi connectivity index (χ0v) is 11.6. The highest BCUT2D eigenvalue weighted by atomic mass is 16.5. The summed E-state index contributed by atoms with van der Waals surface area (Å²) in [7, 11) is 0. The molecule has 8 heteroatoms. The largest absolute Gasteiger partial charge is 0.394 e. The lowest BCUT2D eigenvalue weighted by Crippen LogP contribution is -2.24. The number of nitrogens with zero attached hydrogens (tertiary/aromatic N) is 5. The van der Waals surface area contributed by atoms with E-state index in [-0.39, 0.29) is 6.61 Å². The Kier molecular flexibility index (Phi) is 3.91. The lowest BCUT2D eigenvalue weighted by molar-refractivity contribution is -0.0432. The van der Waals surface area contributed by atoms with Gasteiger partial charge >= 0.3 is 0 Å². The molecule has 1 unspecified atom stereocenters. The number of aromatic nitrogens is 4. The SMILES string of the molecule is CCC=Nc1ncnc2c1ncn2[C@H]1CC(O)[C@@H](CO)O1. The van der Waals surface area contributed by atoms with Crippen molar-refractivity contribution >= 4 is 23.2 Å². The van der Waals surface area contributed by atoms with Crippen LogP contribution in [0.15, 0.2) is 17.6 Å². The average molecular weight is 291 g/mol. The molecule has 112 valence electrons. The standard InChI is InChI=1S/C13H17N5O3/c1-2-3-14-12-11-13(16-6-15-12)18(7-17-11)10-4-8(20)9(5-19)21-10/h3,6-10,19-20H,2,4-5H2,1H3/t8?,9-,10-/m1/s1. The number of rotatable bonds is 4. The summed E-state index contributed by atoms with van der Waals surface area (Å²) in [5, 5.41) is 19.0. The van der Waals surface area contributed by atoms with Crippen molar-refractivity contribution in [3.63, 3.8) is 0 Å². The average Bonchev–Trinajstić information content (AvgIpc) is 3.08. The Labute approximate surface area is 121 Å². The van der Waals surface area contributed by atoms with E-state index in [2.05, 4.69) is 19.9 Å². The molecule has 0 saturated carbocycles. The van der Waals surface area contributed by atoms with Crippen molar-refractivity contribution in [1.29, 1.82) is 0 Å². The molecule has 1 saturated heterocycles. The molecule has 0 amide bonds. The van der Waals surface area contributed by atoms with E-state index in [1.54, 1.807) is 17.1 Å². The highest BCUT2D eigenvalue weighted by Crippen LogP contribution is 2.31. The van der Waals surface area contributed by atoms with Crippen LogP contribution >= 0.6 is 0 Å². The van der Waals surface area contributed by atoms with E-state index < -0.39 is 18.4 Å². The van der Waals surface area contributed by atoms with Gasteiger partial charge in [-0.2, -0.15) is 0 Å². The van der Waals surface area contributed by atoms with Gasteiger partial charge in [-0.05, 0) is 6.42 Å². The quantitative estimate of drug-likeness (QED) is 0.798. The van der Waals surface area contributed by atoms with Crippen LogP contribution in [0.2, 0.25) is 0 Å². The van der Waals surface area contributed by atoms with Crippen molar-refractivity contribution < 1.29 is 14.9 Å². The van der Waals surface area contributed by atoms with Crippen LogP contribution < -0.4 is 0 Å². The normalized spacial score (nSPS) is 26.1. The van der Waals surface area contributed by atoms with E-state index in [0.29, 0.717) is 23.4 Å². The topological polar surface area (TPSA) is 106 Å². The predicted molar refractivity (Wildman–Crippen MR) is 75.4 cm³/mol. The maximum Gasteiger partial charge on any atom is 0.183 e. The summed E-state index contributed by atoms with van der Waals surface area (Å²) in [6.45, 7) is 1.77. The predicted octanol–water partition coefficient (Wildman–Crippen LogP) is 0.579. The lowest BCUT2D eigenvalue weighted by atomic mass is 10.2. The molecule has 3 atom stereocenters. The van der Waals surface area contributed by atoms with Crippen LogP contribution in [-0.2, 0) is 4.74 Å². The van der Waals surface area contributed by atoms with Crippen molar-refractivity contribution in [2.24, 2.45) is 4.99 Å². The molecule has 1 aliphatic rings. The summed E-state index contributed by atoms with van der Waals surface area (Å²) in [6, 6.07) is 0. The summed E-state index contributed by atoms with van der Waals surface area (Å²) in [4.78, 5) is 16.9. The number of aliphatic imine (C=N–C) groups is 1. The molecule has 1 fully saturated rings. The van der Waals surface area contributed by atoms with Gasteiger partial charge in [0.1, 0.15) is 18.7 Å². The summed E-state index contributed by atoms with van der Waals surface area (Å²) < 4.78 is 7.36. The highest BCUT2D eigenvalue weighted by molar-refractivity contribution is 5.83. The van der Waals surface area contributed by atoms with E-state index in [1.807, 2.05) is 6.92 Å². The Morgan fingerprint density at radius 3 is 3.05 bits per heavy atom. The molecule has 8 nitrogen and oxygen atoms in total. The third-order valence-electron chi connectivity index (χ3n) is 3.43. The number of hydrogen-bond acceptors (Lipinski definition) is 7. The minimum Gasteiger partial charge on any atom is -0.394 e. The molecular formula is C13H17N5O3. The lowest BCUT2D eigenvalue weighted by Gasteiger charge is -2.13. The first-order valence-corrected chi connectivity index (χ1v) is 6.89. The van der Waals surface area contributed by atoms with Crippen LogP contribution in [0.1, 0.15) is 26.0 Å². The minimum atomic E-state index is -0.697. The van der Waals surface area contributed by atoms with Gasteiger partial charge in [-0.15, -0.1) is 0 Å². The molecule has 0 spiro atoms. The maximum atomic E-state index is 9.83. The summed E-state index contributed by atoms with van der Waals surface area (Å²) in [5.74, 6) is 0.512. The number of aliphatic hydroxyl groups excluding tert-OH is 2. The van der Waals surface area contributed by atoms with Crippen molar-refractivity contribution in [2.75, 3.05) is 6.61 Å². The molecular weight excluding hydrogens is 274 g/mol. The second-order valence-electron chi connectivity index (χ2n) is 4.86. The van der Waals surface area contributed by atoms with Crippen molar-refractivity contribution in [2.45, 2.75) is 38.2 Å². The third kappa shape index (κ3) is 2.53. The maximum absolute atomic E-state index is 9.83. The Bertz CT molecular complexity index is 656. The van der Waals surface area contributed by atoms with Crippen LogP contribution in [0.25, 0.3) is 11.2 Å². The van der Waals surface area contributed by atoms with Crippen LogP contribution in [0.5, 0.6) is 0 Å². The molecule has 3 rings (SSSR count). The molecule has 3 heterocycles. The van der Waals surface area contributed by atoms with E-state index in [9.17, 15) is 5.11 Å². The second kappa shape index (κ2) is 5.84. The van der Waals surface area contributed by atoms with E-state index in [0.717, 1.165) is 6.42 Å². The Balaban J connectivity index is 1.96. The molecule has 0 aromatic carbocycles.